The van der Waals surface area contributed by atoms with Crippen molar-refractivity contribution >= 4 is 11.6 Å². The summed E-state index contributed by atoms with van der Waals surface area (Å²) in [6.45, 7) is 6.30. The molecular formula is C11H18N4O2. The second kappa shape index (κ2) is 4.37. The van der Waals surface area contributed by atoms with Gasteiger partial charge in [0.2, 0.25) is 5.75 Å². The van der Waals surface area contributed by atoms with Gasteiger partial charge in [-0.2, -0.15) is 0 Å². The van der Waals surface area contributed by atoms with Crippen LogP contribution in [0.5, 0.6) is 5.75 Å². The van der Waals surface area contributed by atoms with E-state index in [-0.39, 0.29) is 5.54 Å². The summed E-state index contributed by atoms with van der Waals surface area (Å²) < 4.78 is 10.8. The van der Waals surface area contributed by atoms with Crippen molar-refractivity contribution < 1.29 is 9.47 Å². The van der Waals surface area contributed by atoms with Crippen LogP contribution in [0, 0.1) is 0 Å². The van der Waals surface area contributed by atoms with Gasteiger partial charge in [-0.15, -0.1) is 0 Å². The van der Waals surface area contributed by atoms with E-state index < -0.39 is 0 Å². The SMILES string of the molecule is COc1c(N)ncnc1N1CCOCC1(C)C. The lowest BCUT2D eigenvalue weighted by Crippen LogP contribution is -2.53. The number of morpholine rings is 1. The Morgan fingerprint density at radius 3 is 2.88 bits per heavy atom. The average Bonchev–Trinajstić information content (AvgIpc) is 2.28. The summed E-state index contributed by atoms with van der Waals surface area (Å²) in [6.07, 6.45) is 1.46. The van der Waals surface area contributed by atoms with Gasteiger partial charge in [-0.05, 0) is 13.8 Å². The highest BCUT2D eigenvalue weighted by Gasteiger charge is 2.33. The molecule has 0 unspecified atom stereocenters. The van der Waals surface area contributed by atoms with Crippen molar-refractivity contribution in [3.63, 3.8) is 0 Å². The summed E-state index contributed by atoms with van der Waals surface area (Å²) in [5.41, 5.74) is 5.66. The molecule has 2 N–H and O–H groups in total. The maximum atomic E-state index is 5.79. The lowest BCUT2D eigenvalue weighted by atomic mass is 10.0. The number of anilines is 2. The highest BCUT2D eigenvalue weighted by atomic mass is 16.5. The van der Waals surface area contributed by atoms with E-state index in [0.29, 0.717) is 24.8 Å². The molecular weight excluding hydrogens is 220 g/mol. The Morgan fingerprint density at radius 1 is 1.47 bits per heavy atom. The zero-order valence-corrected chi connectivity index (χ0v) is 10.4. The van der Waals surface area contributed by atoms with Crippen molar-refractivity contribution in [3.05, 3.63) is 6.33 Å². The Kier molecular flexibility index (Phi) is 3.06. The number of methoxy groups -OCH3 is 1. The van der Waals surface area contributed by atoms with Gasteiger partial charge in [0, 0.05) is 6.54 Å². The first-order chi connectivity index (χ1) is 8.06. The standard InChI is InChI=1S/C11H18N4O2/c1-11(2)6-17-5-4-15(11)10-8(16-3)9(12)13-7-14-10/h7H,4-6H2,1-3H3,(H2,12,13,14). The fourth-order valence-electron chi connectivity index (χ4n) is 2.02. The van der Waals surface area contributed by atoms with Crippen LogP contribution < -0.4 is 15.4 Å². The third kappa shape index (κ3) is 2.12. The van der Waals surface area contributed by atoms with E-state index in [1.54, 1.807) is 7.11 Å². The van der Waals surface area contributed by atoms with E-state index in [9.17, 15) is 0 Å². The number of aromatic nitrogens is 2. The van der Waals surface area contributed by atoms with Crippen LogP contribution in [0.2, 0.25) is 0 Å². The molecule has 0 aromatic carbocycles. The Balaban J connectivity index is 2.42. The van der Waals surface area contributed by atoms with Crippen molar-refractivity contribution in [1.29, 1.82) is 0 Å². The lowest BCUT2D eigenvalue weighted by molar-refractivity contribution is 0.0636. The predicted molar refractivity (Wildman–Crippen MR) is 65.2 cm³/mol. The molecule has 1 fully saturated rings. The van der Waals surface area contributed by atoms with Crippen molar-refractivity contribution in [2.45, 2.75) is 19.4 Å². The van der Waals surface area contributed by atoms with Gasteiger partial charge in [-0.1, -0.05) is 0 Å². The molecule has 0 spiro atoms. The minimum atomic E-state index is -0.133. The summed E-state index contributed by atoms with van der Waals surface area (Å²) in [5, 5.41) is 0. The molecule has 17 heavy (non-hydrogen) atoms. The molecule has 0 saturated carbocycles. The number of hydrogen-bond acceptors (Lipinski definition) is 6. The van der Waals surface area contributed by atoms with Crippen LogP contribution in [0.4, 0.5) is 11.6 Å². The van der Waals surface area contributed by atoms with Gasteiger partial charge in [-0.25, -0.2) is 9.97 Å². The number of hydrogen-bond donors (Lipinski definition) is 1. The molecule has 1 aliphatic rings. The van der Waals surface area contributed by atoms with Crippen LogP contribution in [-0.4, -0.2) is 42.4 Å². The molecule has 1 aromatic rings. The maximum absolute atomic E-state index is 5.79. The quantitative estimate of drug-likeness (QED) is 0.817. The van der Waals surface area contributed by atoms with Gasteiger partial charge in [0.25, 0.3) is 0 Å². The highest BCUT2D eigenvalue weighted by Crippen LogP contribution is 2.34. The largest absolute Gasteiger partial charge is 0.490 e. The molecule has 1 aliphatic heterocycles. The van der Waals surface area contributed by atoms with Crippen molar-refractivity contribution in [3.8, 4) is 5.75 Å². The monoisotopic (exact) mass is 238 g/mol. The first kappa shape index (κ1) is 11.9. The van der Waals surface area contributed by atoms with Gasteiger partial charge < -0.3 is 20.1 Å². The number of nitrogen functional groups attached to an aromatic ring is 1. The average molecular weight is 238 g/mol. The van der Waals surface area contributed by atoms with E-state index in [0.717, 1.165) is 12.4 Å². The smallest absolute Gasteiger partial charge is 0.204 e. The van der Waals surface area contributed by atoms with E-state index in [1.807, 2.05) is 0 Å². The number of rotatable bonds is 2. The Bertz CT molecular complexity index is 408. The maximum Gasteiger partial charge on any atom is 0.204 e. The third-order valence-electron chi connectivity index (χ3n) is 2.92. The Labute approximate surface area is 101 Å². The second-order valence-electron chi connectivity index (χ2n) is 4.63. The number of ether oxygens (including phenoxy) is 2. The summed E-state index contributed by atoms with van der Waals surface area (Å²) in [5.74, 6) is 1.62. The first-order valence-corrected chi connectivity index (χ1v) is 5.56. The summed E-state index contributed by atoms with van der Waals surface area (Å²) in [4.78, 5) is 10.4. The fourth-order valence-corrected chi connectivity index (χ4v) is 2.02. The Morgan fingerprint density at radius 2 is 2.24 bits per heavy atom. The van der Waals surface area contributed by atoms with Crippen molar-refractivity contribution in [2.75, 3.05) is 37.5 Å². The normalized spacial score (nSPS) is 19.1. The molecule has 0 radical (unpaired) electrons. The van der Waals surface area contributed by atoms with Crippen LogP contribution in [0.15, 0.2) is 6.33 Å². The van der Waals surface area contributed by atoms with E-state index in [2.05, 4.69) is 28.7 Å². The first-order valence-electron chi connectivity index (χ1n) is 5.56. The molecule has 0 aliphatic carbocycles. The molecule has 1 aromatic heterocycles. The van der Waals surface area contributed by atoms with Gasteiger partial charge in [0.05, 0.1) is 25.9 Å². The summed E-state index contributed by atoms with van der Waals surface area (Å²) in [7, 11) is 1.58. The van der Waals surface area contributed by atoms with E-state index in [1.165, 1.54) is 6.33 Å². The van der Waals surface area contributed by atoms with Gasteiger partial charge in [0.1, 0.15) is 6.33 Å². The fraction of sp³-hybridized carbons (Fsp3) is 0.636. The molecule has 2 heterocycles. The van der Waals surface area contributed by atoms with Crippen LogP contribution in [0.3, 0.4) is 0 Å². The number of nitrogens with zero attached hydrogens (tertiary/aromatic N) is 3. The molecule has 0 atom stereocenters. The van der Waals surface area contributed by atoms with Crippen molar-refractivity contribution in [1.82, 2.24) is 9.97 Å². The molecule has 2 rings (SSSR count). The van der Waals surface area contributed by atoms with E-state index in [4.69, 9.17) is 15.2 Å². The van der Waals surface area contributed by atoms with Gasteiger partial charge >= 0.3 is 0 Å². The zero-order chi connectivity index (χ0) is 12.5. The summed E-state index contributed by atoms with van der Waals surface area (Å²) in [6, 6.07) is 0. The minimum absolute atomic E-state index is 0.133. The highest BCUT2D eigenvalue weighted by molar-refractivity contribution is 5.63. The van der Waals surface area contributed by atoms with Gasteiger partial charge in [0.15, 0.2) is 11.6 Å². The van der Waals surface area contributed by atoms with Crippen LogP contribution in [-0.2, 0) is 4.74 Å². The topological polar surface area (TPSA) is 73.5 Å². The second-order valence-corrected chi connectivity index (χ2v) is 4.63. The van der Waals surface area contributed by atoms with Crippen LogP contribution >= 0.6 is 0 Å². The minimum Gasteiger partial charge on any atom is -0.490 e. The molecule has 6 heteroatoms. The molecule has 94 valence electrons. The van der Waals surface area contributed by atoms with Crippen LogP contribution in [0.1, 0.15) is 13.8 Å². The predicted octanol–water partition coefficient (Wildman–Crippen LogP) is 0.683. The molecule has 1 saturated heterocycles. The Hall–Kier alpha value is -1.56. The van der Waals surface area contributed by atoms with Gasteiger partial charge in [-0.3, -0.25) is 0 Å². The number of nitrogens with two attached hydrogens (primary N) is 1. The molecule has 0 bridgehead atoms. The van der Waals surface area contributed by atoms with Crippen LogP contribution in [0.25, 0.3) is 0 Å². The zero-order valence-electron chi connectivity index (χ0n) is 10.4. The van der Waals surface area contributed by atoms with Crippen molar-refractivity contribution in [2.24, 2.45) is 0 Å². The van der Waals surface area contributed by atoms with E-state index >= 15 is 0 Å². The third-order valence-corrected chi connectivity index (χ3v) is 2.92. The summed E-state index contributed by atoms with van der Waals surface area (Å²) >= 11 is 0. The molecule has 0 amide bonds. The lowest BCUT2D eigenvalue weighted by Gasteiger charge is -2.43. The molecule has 6 nitrogen and oxygen atoms in total.